The smallest absolute Gasteiger partial charge is 0.337 e. The summed E-state index contributed by atoms with van der Waals surface area (Å²) in [4.78, 5) is 24.0. The Morgan fingerprint density at radius 1 is 0.912 bits per heavy atom. The van der Waals surface area contributed by atoms with Crippen molar-refractivity contribution in [1.82, 2.24) is 14.4 Å². The van der Waals surface area contributed by atoms with Gasteiger partial charge in [0.1, 0.15) is 21.5 Å². The largest absolute Gasteiger partial charge is 0.477 e. The van der Waals surface area contributed by atoms with E-state index < -0.39 is 16.6 Å². The van der Waals surface area contributed by atoms with Crippen LogP contribution in [0, 0.1) is 5.92 Å². The molecule has 0 N–H and O–H groups in total. The third-order valence-corrected chi connectivity index (χ3v) is 6.61. The van der Waals surface area contributed by atoms with Crippen molar-refractivity contribution in [1.29, 1.82) is 0 Å². The number of para-hydroxylation sites is 2. The second-order valence-corrected chi connectivity index (χ2v) is 8.80. The van der Waals surface area contributed by atoms with Crippen LogP contribution < -0.4 is 4.90 Å². The van der Waals surface area contributed by atoms with Crippen molar-refractivity contribution < 1.29 is 9.53 Å². The van der Waals surface area contributed by atoms with Gasteiger partial charge in [0.25, 0.3) is 0 Å². The molecule has 6 nitrogen and oxygen atoms in total. The molecule has 0 unspecified atom stereocenters. The van der Waals surface area contributed by atoms with E-state index in [2.05, 4.69) is 9.88 Å². The Labute approximate surface area is 203 Å². The fourth-order valence-electron chi connectivity index (χ4n) is 4.49. The van der Waals surface area contributed by atoms with Gasteiger partial charge in [0.2, 0.25) is 5.78 Å². The van der Waals surface area contributed by atoms with Crippen LogP contribution in [0.2, 0.25) is 5.21 Å². The van der Waals surface area contributed by atoms with E-state index in [0.29, 0.717) is 37.3 Å². The molecule has 3 heterocycles. The van der Waals surface area contributed by atoms with Gasteiger partial charge in [0.05, 0.1) is 32.3 Å². The normalized spacial score (nSPS) is 15.6. The maximum atomic E-state index is 12.5. The number of rotatable bonds is 5. The van der Waals surface area contributed by atoms with Gasteiger partial charge in [-0.1, -0.05) is 35.5 Å². The van der Waals surface area contributed by atoms with Crippen LogP contribution in [0.4, 0.5) is 5.82 Å². The summed E-state index contributed by atoms with van der Waals surface area (Å²) in [6.45, 7) is 1.29. The molecule has 2 aromatic carbocycles. The number of hydrogen-bond acceptors (Lipinski definition) is 5. The van der Waals surface area contributed by atoms with Crippen molar-refractivity contribution in [3.63, 3.8) is 0 Å². The van der Waals surface area contributed by atoms with Crippen LogP contribution in [0.15, 0.2) is 66.9 Å². The van der Waals surface area contributed by atoms with Gasteiger partial charge in [0, 0.05) is 24.7 Å². The zero-order chi connectivity index (χ0) is 23.9. The van der Waals surface area contributed by atoms with Crippen LogP contribution in [-0.4, -0.2) is 70.2 Å². The van der Waals surface area contributed by atoms with Crippen LogP contribution in [0.5, 0.6) is 0 Å². The highest BCUT2D eigenvalue weighted by Crippen LogP contribution is 2.44. The van der Waals surface area contributed by atoms with E-state index in [4.69, 9.17) is 41.1 Å². The predicted molar refractivity (Wildman–Crippen MR) is 136 cm³/mol. The number of aromatic nitrogens is 3. The van der Waals surface area contributed by atoms with E-state index >= 15 is 0 Å². The summed E-state index contributed by atoms with van der Waals surface area (Å²) < 4.78 is 7.33. The van der Waals surface area contributed by atoms with Crippen LogP contribution in [-0.2, 0) is 4.74 Å². The molecule has 160 valence electrons. The fourth-order valence-corrected chi connectivity index (χ4v) is 4.49. The highest BCUT2D eigenvalue weighted by molar-refractivity contribution is 6.54. The number of ether oxygens (including phenoxy) is 1. The van der Waals surface area contributed by atoms with Crippen LogP contribution in [0.1, 0.15) is 23.2 Å². The van der Waals surface area contributed by atoms with Crippen LogP contribution in [0.3, 0.4) is 0 Å². The molecule has 0 saturated carbocycles. The van der Waals surface area contributed by atoms with Gasteiger partial charge in [0.15, 0.2) is 0 Å². The number of imidazole rings is 1. The molecule has 0 aliphatic carbocycles. The van der Waals surface area contributed by atoms with E-state index in [9.17, 15) is 4.79 Å². The van der Waals surface area contributed by atoms with Gasteiger partial charge >= 0.3 is 5.97 Å². The Morgan fingerprint density at radius 2 is 1.59 bits per heavy atom. The quantitative estimate of drug-likeness (QED) is 0.353. The minimum Gasteiger partial charge on any atom is -0.477 e. The second kappa shape index (κ2) is 8.57. The Kier molecular flexibility index (Phi) is 5.70. The molecule has 2 aromatic heterocycles. The highest BCUT2D eigenvalue weighted by Gasteiger charge is 2.44. The first-order valence-electron chi connectivity index (χ1n) is 11.2. The number of benzene rings is 2. The highest BCUT2D eigenvalue weighted by atomic mass is 16.5. The molecule has 1 aliphatic rings. The van der Waals surface area contributed by atoms with E-state index in [1.807, 2.05) is 40.9 Å². The molecule has 4 aromatic rings. The average Bonchev–Trinajstić information content (AvgIpc) is 3.22. The Morgan fingerprint density at radius 3 is 2.32 bits per heavy atom. The lowest BCUT2D eigenvalue weighted by Gasteiger charge is -2.51. The number of fused-ring (bicyclic) bond motifs is 3. The summed E-state index contributed by atoms with van der Waals surface area (Å²) in [7, 11) is 25.1. The Bertz CT molecular complexity index is 1330. The molecule has 1 fully saturated rings. The second-order valence-electron chi connectivity index (χ2n) is 8.80. The van der Waals surface area contributed by atoms with Crippen molar-refractivity contribution in [2.75, 3.05) is 18.0 Å². The topological polar surface area (TPSA) is 59.7 Å². The molecule has 0 amide bonds. The van der Waals surface area contributed by atoms with E-state index in [1.54, 1.807) is 30.3 Å². The van der Waals surface area contributed by atoms with Crippen molar-refractivity contribution in [3.8, 4) is 0 Å². The lowest BCUT2D eigenvalue weighted by Crippen LogP contribution is -2.54. The zero-order valence-electron chi connectivity index (χ0n) is 18.7. The van der Waals surface area contributed by atoms with Gasteiger partial charge in [-0.05, 0) is 49.1 Å². The third-order valence-electron chi connectivity index (χ3n) is 6.61. The summed E-state index contributed by atoms with van der Waals surface area (Å²) >= 11 is 0. The molecule has 0 bridgehead atoms. The Balaban J connectivity index is 1.28. The minimum absolute atomic E-state index is 0.264. The van der Waals surface area contributed by atoms with E-state index in [0.717, 1.165) is 16.9 Å². The molecule has 10 heteroatoms. The molecular formula is C24H20B4N4O2. The number of piperidine rings is 1. The van der Waals surface area contributed by atoms with Gasteiger partial charge in [-0.2, -0.15) is 4.98 Å². The molecular weight excluding hydrogens is 420 g/mol. The number of nitrogens with zero attached hydrogens (tertiary/aromatic N) is 4. The molecule has 34 heavy (non-hydrogen) atoms. The third kappa shape index (κ3) is 3.99. The monoisotopic (exact) mass is 440 g/mol. The van der Waals surface area contributed by atoms with Crippen molar-refractivity contribution in [3.05, 3.63) is 72.4 Å². The first-order valence-corrected chi connectivity index (χ1v) is 11.2. The van der Waals surface area contributed by atoms with Crippen molar-refractivity contribution >= 4 is 60.0 Å². The lowest BCUT2D eigenvalue weighted by atomic mass is 9.31. The molecule has 8 radical (unpaired) electrons. The summed E-state index contributed by atoms with van der Waals surface area (Å²) in [6, 6.07) is 18.3. The predicted octanol–water partition coefficient (Wildman–Crippen LogP) is 2.40. The maximum absolute atomic E-state index is 12.5. The standard InChI is InChI=1S/C24H20B4N4O2/c25-23(26,24(27,28)34-21(33)16-6-2-1-3-7-16)17-10-13-31(14-11-17)20-12-15-32-19-9-5-4-8-18(19)29-22(32)30-20/h1-9,12,15,17H,10-11,13-14H2. The van der Waals surface area contributed by atoms with Crippen LogP contribution in [0.25, 0.3) is 16.8 Å². The summed E-state index contributed by atoms with van der Waals surface area (Å²) in [5.74, 6) is 0.528. The van der Waals surface area contributed by atoms with E-state index in [-0.39, 0.29) is 5.92 Å². The fraction of sp³-hybridized carbons (Fsp3) is 0.292. The molecule has 1 aliphatic heterocycles. The van der Waals surface area contributed by atoms with Crippen molar-refractivity contribution in [2.45, 2.75) is 23.5 Å². The number of hydrogen-bond donors (Lipinski definition) is 0. The number of carbonyl (C=O) groups is 1. The SMILES string of the molecule is [B]C([B])(OC(=O)c1ccccc1)C([B])([B])C1CCN(c2ccn3c(n2)nc2ccccc23)CC1. The number of anilines is 1. The zero-order valence-corrected chi connectivity index (χ0v) is 18.7. The molecule has 1 saturated heterocycles. The molecule has 0 spiro atoms. The van der Waals surface area contributed by atoms with E-state index in [1.165, 1.54) is 0 Å². The van der Waals surface area contributed by atoms with Gasteiger partial charge in [-0.25, -0.2) is 9.78 Å². The molecule has 5 rings (SSSR count). The number of esters is 1. The van der Waals surface area contributed by atoms with Crippen molar-refractivity contribution in [2.24, 2.45) is 5.92 Å². The van der Waals surface area contributed by atoms with Gasteiger partial charge in [-0.15, -0.1) is 0 Å². The lowest BCUT2D eigenvalue weighted by molar-refractivity contribution is 0.0277. The van der Waals surface area contributed by atoms with Gasteiger partial charge in [-0.3, -0.25) is 4.40 Å². The minimum atomic E-state index is -2.04. The molecule has 0 atom stereocenters. The van der Waals surface area contributed by atoms with Gasteiger partial charge < -0.3 is 9.64 Å². The maximum Gasteiger partial charge on any atom is 0.337 e. The summed E-state index contributed by atoms with van der Waals surface area (Å²) in [5.41, 5.74) is 2.23. The summed E-state index contributed by atoms with van der Waals surface area (Å²) in [5, 5.41) is -3.67. The Hall–Kier alpha value is -3.15. The summed E-state index contributed by atoms with van der Waals surface area (Å²) in [6.07, 6.45) is 3.19. The number of carbonyl (C=O) groups excluding carboxylic acids is 1. The average molecular weight is 440 g/mol. The van der Waals surface area contributed by atoms with Crippen LogP contribution >= 0.6 is 0 Å². The first-order chi connectivity index (χ1) is 16.3. The first kappa shape index (κ1) is 22.6.